The van der Waals surface area contributed by atoms with Gasteiger partial charge in [-0.05, 0) is 27.1 Å². The first kappa shape index (κ1) is 14.2. The summed E-state index contributed by atoms with van der Waals surface area (Å²) in [6.07, 6.45) is -5.05. The minimum Gasteiger partial charge on any atom is -0.481 e. The average molecular weight is 254 g/mol. The molecule has 1 atom stereocenters. The molecule has 0 spiro atoms. The van der Waals surface area contributed by atoms with Crippen LogP contribution in [0.25, 0.3) is 0 Å². The molecule has 1 unspecified atom stereocenters. The van der Waals surface area contributed by atoms with Crippen LogP contribution in [0.15, 0.2) is 0 Å². The zero-order valence-electron chi connectivity index (χ0n) is 9.92. The summed E-state index contributed by atoms with van der Waals surface area (Å²) >= 11 is 0. The number of halogens is 3. The van der Waals surface area contributed by atoms with Crippen molar-refractivity contribution in [3.63, 3.8) is 0 Å². The Labute approximate surface area is 98.0 Å². The first-order valence-electron chi connectivity index (χ1n) is 5.36. The van der Waals surface area contributed by atoms with Crippen molar-refractivity contribution in [3.8, 4) is 0 Å². The molecule has 1 fully saturated rings. The molecular weight excluding hydrogens is 237 g/mol. The van der Waals surface area contributed by atoms with Crippen molar-refractivity contribution in [2.45, 2.75) is 12.6 Å². The van der Waals surface area contributed by atoms with E-state index in [2.05, 4.69) is 0 Å². The zero-order chi connectivity index (χ0) is 13.3. The molecule has 0 aromatic rings. The van der Waals surface area contributed by atoms with E-state index in [1.165, 1.54) is 0 Å². The number of nitrogens with zero attached hydrogens (tertiary/aromatic N) is 2. The first-order valence-corrected chi connectivity index (χ1v) is 5.36. The summed E-state index contributed by atoms with van der Waals surface area (Å²) in [5.41, 5.74) is -2.58. The van der Waals surface area contributed by atoms with Crippen molar-refractivity contribution < 1.29 is 23.1 Å². The molecule has 7 heteroatoms. The van der Waals surface area contributed by atoms with E-state index in [4.69, 9.17) is 5.11 Å². The molecule has 17 heavy (non-hydrogen) atoms. The lowest BCUT2D eigenvalue weighted by Crippen LogP contribution is -2.47. The highest BCUT2D eigenvalue weighted by atomic mass is 19.4. The second-order valence-electron chi connectivity index (χ2n) is 4.71. The normalized spacial score (nSPS) is 26.7. The van der Waals surface area contributed by atoms with Gasteiger partial charge in [-0.15, -0.1) is 0 Å². The maximum Gasteiger partial charge on any atom is 0.406 e. The van der Waals surface area contributed by atoms with E-state index < -0.39 is 24.1 Å². The Bertz CT molecular complexity index is 294. The number of likely N-dealkylation sites (tertiary alicyclic amines) is 1. The highest BCUT2D eigenvalue weighted by Crippen LogP contribution is 2.45. The number of hydrogen-bond acceptors (Lipinski definition) is 3. The van der Waals surface area contributed by atoms with Crippen molar-refractivity contribution in [3.05, 3.63) is 0 Å². The molecule has 1 heterocycles. The van der Waals surface area contributed by atoms with Gasteiger partial charge in [0, 0.05) is 19.6 Å². The molecule has 1 aliphatic heterocycles. The molecule has 0 amide bonds. The standard InChI is InChI=1S/C10H17F3N2O2/c1-14(2)5-6-15-4-3-9(7-15,8(16)17)10(11,12)13/h3-7H2,1-2H3,(H,16,17). The van der Waals surface area contributed by atoms with Crippen molar-refractivity contribution >= 4 is 5.97 Å². The van der Waals surface area contributed by atoms with Crippen molar-refractivity contribution in [1.29, 1.82) is 0 Å². The van der Waals surface area contributed by atoms with Gasteiger partial charge in [0.2, 0.25) is 0 Å². The Morgan fingerprint density at radius 2 is 2.06 bits per heavy atom. The van der Waals surface area contributed by atoms with Crippen molar-refractivity contribution in [2.75, 3.05) is 40.3 Å². The number of likely N-dealkylation sites (N-methyl/N-ethyl adjacent to an activating group) is 1. The Balaban J connectivity index is 2.70. The molecule has 1 aliphatic rings. The summed E-state index contributed by atoms with van der Waals surface area (Å²) in [5.74, 6) is -1.77. The fraction of sp³-hybridized carbons (Fsp3) is 0.900. The molecule has 0 aromatic heterocycles. The second-order valence-corrected chi connectivity index (χ2v) is 4.71. The van der Waals surface area contributed by atoms with Crippen LogP contribution in [-0.2, 0) is 4.79 Å². The number of rotatable bonds is 4. The van der Waals surface area contributed by atoms with Gasteiger partial charge in [-0.1, -0.05) is 0 Å². The van der Waals surface area contributed by atoms with Crippen LogP contribution in [-0.4, -0.2) is 67.3 Å². The summed E-state index contributed by atoms with van der Waals surface area (Å²) in [6.45, 7) is 0.811. The summed E-state index contributed by atoms with van der Waals surface area (Å²) in [7, 11) is 3.65. The smallest absolute Gasteiger partial charge is 0.406 e. The highest BCUT2D eigenvalue weighted by Gasteiger charge is 2.63. The molecule has 1 rings (SSSR count). The minimum atomic E-state index is -4.69. The van der Waals surface area contributed by atoms with Gasteiger partial charge >= 0.3 is 12.1 Å². The lowest BCUT2D eigenvalue weighted by Gasteiger charge is -2.27. The SMILES string of the molecule is CN(C)CCN1CCC(C(=O)O)(C(F)(F)F)C1. The van der Waals surface area contributed by atoms with E-state index in [9.17, 15) is 18.0 Å². The van der Waals surface area contributed by atoms with Crippen LogP contribution in [0.4, 0.5) is 13.2 Å². The summed E-state index contributed by atoms with van der Waals surface area (Å²) in [4.78, 5) is 14.3. The molecule has 0 radical (unpaired) electrons. The van der Waals surface area contributed by atoms with Crippen LogP contribution >= 0.6 is 0 Å². The third kappa shape index (κ3) is 2.90. The van der Waals surface area contributed by atoms with Gasteiger partial charge < -0.3 is 14.9 Å². The Morgan fingerprint density at radius 1 is 1.47 bits per heavy atom. The Hall–Kier alpha value is -0.820. The van der Waals surface area contributed by atoms with Crippen LogP contribution < -0.4 is 0 Å². The maximum absolute atomic E-state index is 12.8. The average Bonchev–Trinajstić information content (AvgIpc) is 2.58. The summed E-state index contributed by atoms with van der Waals surface area (Å²) in [6, 6.07) is 0. The molecule has 1 N–H and O–H groups in total. The van der Waals surface area contributed by atoms with Crippen LogP contribution in [0, 0.1) is 5.41 Å². The summed E-state index contributed by atoms with van der Waals surface area (Å²) < 4.78 is 38.5. The zero-order valence-corrected chi connectivity index (χ0v) is 9.92. The van der Waals surface area contributed by atoms with Gasteiger partial charge in [0.25, 0.3) is 0 Å². The molecular formula is C10H17F3N2O2. The van der Waals surface area contributed by atoms with Gasteiger partial charge in [-0.25, -0.2) is 0 Å². The second kappa shape index (κ2) is 4.81. The largest absolute Gasteiger partial charge is 0.481 e. The number of hydrogen-bond donors (Lipinski definition) is 1. The number of aliphatic carboxylic acids is 1. The van der Waals surface area contributed by atoms with Crippen molar-refractivity contribution in [2.24, 2.45) is 5.41 Å². The molecule has 1 saturated heterocycles. The van der Waals surface area contributed by atoms with E-state index in [1.807, 2.05) is 19.0 Å². The van der Waals surface area contributed by atoms with E-state index in [0.29, 0.717) is 13.1 Å². The predicted octanol–water partition coefficient (Wildman–Crippen LogP) is 0.887. The Morgan fingerprint density at radius 3 is 2.41 bits per heavy atom. The third-order valence-electron chi connectivity index (χ3n) is 3.16. The van der Waals surface area contributed by atoms with E-state index in [1.54, 1.807) is 4.90 Å². The van der Waals surface area contributed by atoms with Crippen LogP contribution in [0.5, 0.6) is 0 Å². The fourth-order valence-electron chi connectivity index (χ4n) is 1.95. The lowest BCUT2D eigenvalue weighted by atomic mass is 9.86. The van der Waals surface area contributed by atoms with Gasteiger partial charge in [-0.3, -0.25) is 4.79 Å². The van der Waals surface area contributed by atoms with Gasteiger partial charge in [0.05, 0.1) is 0 Å². The fourth-order valence-corrected chi connectivity index (χ4v) is 1.95. The number of carboxylic acids is 1. The van der Waals surface area contributed by atoms with Crippen LogP contribution in [0.1, 0.15) is 6.42 Å². The highest BCUT2D eigenvalue weighted by molar-refractivity contribution is 5.76. The third-order valence-corrected chi connectivity index (χ3v) is 3.16. The molecule has 4 nitrogen and oxygen atoms in total. The van der Waals surface area contributed by atoms with Crippen LogP contribution in [0.2, 0.25) is 0 Å². The molecule has 100 valence electrons. The number of carbonyl (C=O) groups is 1. The molecule has 0 bridgehead atoms. The quantitative estimate of drug-likeness (QED) is 0.809. The monoisotopic (exact) mass is 254 g/mol. The molecule has 0 saturated carbocycles. The van der Waals surface area contributed by atoms with Crippen molar-refractivity contribution in [1.82, 2.24) is 9.80 Å². The predicted molar refractivity (Wildman–Crippen MR) is 55.7 cm³/mol. The van der Waals surface area contributed by atoms with Gasteiger partial charge in [-0.2, -0.15) is 13.2 Å². The maximum atomic E-state index is 12.8. The van der Waals surface area contributed by atoms with E-state index in [0.717, 1.165) is 0 Å². The number of alkyl halides is 3. The van der Waals surface area contributed by atoms with Gasteiger partial charge in [0.1, 0.15) is 0 Å². The topological polar surface area (TPSA) is 43.8 Å². The molecule has 0 aliphatic carbocycles. The lowest BCUT2D eigenvalue weighted by molar-refractivity contribution is -0.227. The van der Waals surface area contributed by atoms with Gasteiger partial charge in [0.15, 0.2) is 5.41 Å². The van der Waals surface area contributed by atoms with E-state index in [-0.39, 0.29) is 13.0 Å². The number of carboxylic acid groups (broad SMARTS) is 1. The Kier molecular flexibility index (Phi) is 4.03. The minimum absolute atomic E-state index is 0.180. The summed E-state index contributed by atoms with van der Waals surface area (Å²) in [5, 5.41) is 8.84. The first-order chi connectivity index (χ1) is 7.69. The van der Waals surface area contributed by atoms with Crippen LogP contribution in [0.3, 0.4) is 0 Å². The molecule has 0 aromatic carbocycles. The van der Waals surface area contributed by atoms with E-state index >= 15 is 0 Å².